The van der Waals surface area contributed by atoms with Gasteiger partial charge in [0.05, 0.1) is 26.4 Å². The summed E-state index contributed by atoms with van der Waals surface area (Å²) in [5.41, 5.74) is 0. The van der Waals surface area contributed by atoms with E-state index in [0.29, 0.717) is 32.1 Å². The molecule has 0 saturated carbocycles. The lowest BCUT2D eigenvalue weighted by molar-refractivity contribution is -0.161. The molecule has 5 unspecified atom stereocenters. The molecule has 0 rings (SSSR count). The number of carbonyl (C=O) groups excluding carboxylic acids is 4. The molecule has 0 aliphatic rings. The second kappa shape index (κ2) is 69.5. The summed E-state index contributed by atoms with van der Waals surface area (Å²) in [6.45, 7) is 4.60. The van der Waals surface area contributed by atoms with Crippen LogP contribution < -0.4 is 0 Å². The molecule has 17 nitrogen and oxygen atoms in total. The van der Waals surface area contributed by atoms with Gasteiger partial charge in [0.25, 0.3) is 0 Å². The van der Waals surface area contributed by atoms with Crippen molar-refractivity contribution in [3.8, 4) is 0 Å². The number of unbranched alkanes of at least 4 members (excludes halogenated alkanes) is 28. The molecule has 0 radical (unpaired) electrons. The second-order valence-electron chi connectivity index (χ2n) is 24.9. The lowest BCUT2D eigenvalue weighted by Crippen LogP contribution is -2.30. The second-order valence-corrected chi connectivity index (χ2v) is 27.8. The average molecular weight is 1390 g/mol. The number of ether oxygens (including phenoxy) is 4. The fourth-order valence-corrected chi connectivity index (χ4v) is 11.4. The van der Waals surface area contributed by atoms with E-state index in [2.05, 4.69) is 113 Å². The van der Waals surface area contributed by atoms with Crippen molar-refractivity contribution < 1.29 is 80.2 Å². The number of aliphatic hydroxyl groups excluding tert-OH is 1. The standard InChI is InChI=1S/C77H134O17P2/c1-5-9-13-17-21-25-29-33-34-35-36-40-42-46-50-54-58-62-75(80)88-68-73(94-77(82)64-60-56-52-48-44-39-32-28-24-20-16-12-8-4)70-92-96(85,86)90-66-71(78)65-89-95(83,84)91-69-72(93-76(81)63-59-55-51-47-43-38-31-27-23-19-15-11-7-3)67-87-74(79)61-57-53-49-45-41-37-30-26-22-18-14-10-6-2/h9,13-14,18,21,25-26,28,30,32-34,36,40,46,50,71-73,78H,5-8,10-12,15-17,19-20,22-24,27,29,31,35,37-39,41-45,47-49,51-70H2,1-4H3,(H,83,84)(H,85,86)/b13-9-,18-14-,25-21-,30-26-,32-28-,34-33-,40-36-,50-46-. The number of rotatable bonds is 70. The van der Waals surface area contributed by atoms with Gasteiger partial charge in [-0.25, -0.2) is 9.13 Å². The summed E-state index contributed by atoms with van der Waals surface area (Å²) >= 11 is 0. The molecule has 0 fully saturated rings. The zero-order valence-corrected chi connectivity index (χ0v) is 62.1. The van der Waals surface area contributed by atoms with Gasteiger partial charge in [0.1, 0.15) is 19.3 Å². The number of carbonyl (C=O) groups is 4. The number of aliphatic hydroxyl groups is 1. The van der Waals surface area contributed by atoms with E-state index in [1.54, 1.807) is 0 Å². The number of hydrogen-bond donors (Lipinski definition) is 3. The fourth-order valence-electron chi connectivity index (χ4n) is 9.82. The summed E-state index contributed by atoms with van der Waals surface area (Å²) in [6, 6.07) is 0. The zero-order chi connectivity index (χ0) is 70.4. The normalized spacial score (nSPS) is 14.5. The molecule has 0 aliphatic carbocycles. The number of allylic oxidation sites excluding steroid dienone is 16. The Balaban J connectivity index is 5.38. The molecule has 0 aromatic heterocycles. The predicted octanol–water partition coefficient (Wildman–Crippen LogP) is 21.2. The number of hydrogen-bond acceptors (Lipinski definition) is 15. The molecule has 19 heteroatoms. The molecule has 0 aromatic carbocycles. The van der Waals surface area contributed by atoms with Crippen molar-refractivity contribution in [2.45, 2.75) is 329 Å². The van der Waals surface area contributed by atoms with Gasteiger partial charge in [-0.15, -0.1) is 0 Å². The lowest BCUT2D eigenvalue weighted by Gasteiger charge is -2.21. The largest absolute Gasteiger partial charge is 0.472 e. The zero-order valence-electron chi connectivity index (χ0n) is 60.3. The van der Waals surface area contributed by atoms with Gasteiger partial charge in [-0.05, 0) is 116 Å². The first kappa shape index (κ1) is 92.0. The van der Waals surface area contributed by atoms with Crippen LogP contribution in [0.3, 0.4) is 0 Å². The first-order valence-corrected chi connectivity index (χ1v) is 40.5. The highest BCUT2D eigenvalue weighted by atomic mass is 31.2. The Hall–Kier alpha value is -4.02. The molecule has 0 aromatic rings. The minimum absolute atomic E-state index is 0.0726. The molecule has 96 heavy (non-hydrogen) atoms. The van der Waals surface area contributed by atoms with Crippen LogP contribution in [0.2, 0.25) is 0 Å². The van der Waals surface area contributed by atoms with E-state index in [4.69, 9.17) is 37.0 Å². The summed E-state index contributed by atoms with van der Waals surface area (Å²) in [7, 11) is -9.96. The van der Waals surface area contributed by atoms with E-state index < -0.39 is 97.5 Å². The molecule has 0 bridgehead atoms. The Bertz CT molecular complexity index is 2200. The van der Waals surface area contributed by atoms with Gasteiger partial charge in [0.2, 0.25) is 0 Å². The molecule has 0 saturated heterocycles. The quantitative estimate of drug-likeness (QED) is 0.0169. The molecular formula is C77H134O17P2. The first-order valence-electron chi connectivity index (χ1n) is 37.5. The van der Waals surface area contributed by atoms with Crippen LogP contribution in [-0.4, -0.2) is 96.7 Å². The van der Waals surface area contributed by atoms with Crippen LogP contribution in [0.1, 0.15) is 310 Å². The Morgan fingerprint density at radius 2 is 0.573 bits per heavy atom. The van der Waals surface area contributed by atoms with E-state index >= 15 is 0 Å². The van der Waals surface area contributed by atoms with E-state index in [1.165, 1.54) is 77.0 Å². The van der Waals surface area contributed by atoms with Gasteiger partial charge < -0.3 is 33.8 Å². The van der Waals surface area contributed by atoms with E-state index in [0.717, 1.165) is 148 Å². The van der Waals surface area contributed by atoms with Gasteiger partial charge in [-0.3, -0.25) is 37.3 Å². The third-order valence-electron chi connectivity index (χ3n) is 15.5. The maximum absolute atomic E-state index is 13.1. The van der Waals surface area contributed by atoms with Gasteiger partial charge in [-0.1, -0.05) is 266 Å². The average Bonchev–Trinajstić information content (AvgIpc) is 3.12. The SMILES string of the molecule is CC/C=C\C/C=C\C/C=C\C/C=C\C/C=C\CCCC(=O)OCC(COP(=O)(O)OCC(O)COP(=O)(O)OCC(COC(=O)CCCCCCC/C=C\C/C=C\CCC)OC(=O)CCCCCCCCCCCCCCC)OC(=O)CCCCCCC/C=C\CCCCCC. The maximum Gasteiger partial charge on any atom is 0.472 e. The van der Waals surface area contributed by atoms with Crippen molar-refractivity contribution in [1.29, 1.82) is 0 Å². The van der Waals surface area contributed by atoms with Crippen molar-refractivity contribution in [2.24, 2.45) is 0 Å². The number of phosphoric ester groups is 2. The number of phosphoric acid groups is 2. The highest BCUT2D eigenvalue weighted by molar-refractivity contribution is 7.47. The van der Waals surface area contributed by atoms with Crippen LogP contribution in [0, 0.1) is 0 Å². The third kappa shape index (κ3) is 68.5. The lowest BCUT2D eigenvalue weighted by atomic mass is 10.0. The van der Waals surface area contributed by atoms with Crippen LogP contribution in [0.15, 0.2) is 97.2 Å². The minimum atomic E-state index is -4.98. The van der Waals surface area contributed by atoms with E-state index in [1.807, 2.05) is 12.2 Å². The summed E-state index contributed by atoms with van der Waals surface area (Å²) in [4.78, 5) is 72.7. The monoisotopic (exact) mass is 1390 g/mol. The van der Waals surface area contributed by atoms with Gasteiger partial charge in [-0.2, -0.15) is 0 Å². The van der Waals surface area contributed by atoms with Crippen LogP contribution in [0.25, 0.3) is 0 Å². The van der Waals surface area contributed by atoms with Gasteiger partial charge >= 0.3 is 39.5 Å². The van der Waals surface area contributed by atoms with Gasteiger partial charge in [0, 0.05) is 25.7 Å². The molecule has 554 valence electrons. The minimum Gasteiger partial charge on any atom is -0.462 e. The Morgan fingerprint density at radius 3 is 0.938 bits per heavy atom. The van der Waals surface area contributed by atoms with Crippen LogP contribution in [0.5, 0.6) is 0 Å². The Labute approximate surface area is 582 Å². The van der Waals surface area contributed by atoms with Crippen molar-refractivity contribution in [3.05, 3.63) is 97.2 Å². The third-order valence-corrected chi connectivity index (χ3v) is 17.4. The van der Waals surface area contributed by atoms with Crippen molar-refractivity contribution in [2.75, 3.05) is 39.6 Å². The highest BCUT2D eigenvalue weighted by Crippen LogP contribution is 2.45. The summed E-state index contributed by atoms with van der Waals surface area (Å²) in [6.07, 6.45) is 71.2. The molecule has 0 amide bonds. The molecular weight excluding hydrogens is 1260 g/mol. The Kier molecular flexibility index (Phi) is 66.6. The van der Waals surface area contributed by atoms with Gasteiger partial charge in [0.15, 0.2) is 12.2 Å². The Morgan fingerprint density at radius 1 is 0.302 bits per heavy atom. The summed E-state index contributed by atoms with van der Waals surface area (Å²) in [5, 5.41) is 10.6. The van der Waals surface area contributed by atoms with Crippen molar-refractivity contribution in [1.82, 2.24) is 0 Å². The molecule has 5 atom stereocenters. The van der Waals surface area contributed by atoms with E-state index in [-0.39, 0.29) is 25.7 Å². The molecule has 0 spiro atoms. The van der Waals surface area contributed by atoms with Crippen LogP contribution >= 0.6 is 15.6 Å². The summed E-state index contributed by atoms with van der Waals surface area (Å²) < 4.78 is 68.3. The van der Waals surface area contributed by atoms with Crippen molar-refractivity contribution in [3.63, 3.8) is 0 Å². The molecule has 3 N–H and O–H groups in total. The maximum atomic E-state index is 13.1. The first-order chi connectivity index (χ1) is 46.7. The summed E-state index contributed by atoms with van der Waals surface area (Å²) in [5.74, 6) is -2.25. The smallest absolute Gasteiger partial charge is 0.462 e. The highest BCUT2D eigenvalue weighted by Gasteiger charge is 2.30. The fraction of sp³-hybridized carbons (Fsp3) is 0.740. The molecule has 0 heterocycles. The van der Waals surface area contributed by atoms with Crippen LogP contribution in [-0.2, 0) is 65.4 Å². The number of esters is 4. The van der Waals surface area contributed by atoms with E-state index in [9.17, 15) is 43.2 Å². The molecule has 0 aliphatic heterocycles. The van der Waals surface area contributed by atoms with Crippen LogP contribution in [0.4, 0.5) is 0 Å². The topological polar surface area (TPSA) is 237 Å². The van der Waals surface area contributed by atoms with Crippen molar-refractivity contribution >= 4 is 39.5 Å². The predicted molar refractivity (Wildman–Crippen MR) is 390 cm³/mol.